The number of nitrogens with two attached hydrogens (primary N) is 1. The topological polar surface area (TPSA) is 75.4 Å². The average Bonchev–Trinajstić information content (AvgIpc) is 2.89. The van der Waals surface area contributed by atoms with E-state index in [-0.39, 0.29) is 30.9 Å². The highest BCUT2D eigenvalue weighted by Crippen LogP contribution is 2.17. The first-order valence-electron chi connectivity index (χ1n) is 6.85. The van der Waals surface area contributed by atoms with Gasteiger partial charge in [0.15, 0.2) is 0 Å². The monoisotopic (exact) mass is 307 g/mol. The number of likely N-dealkylation sites (N-methyl/N-ethyl adjacent to an activating group) is 1. The van der Waals surface area contributed by atoms with Crippen LogP contribution in [0.4, 0.5) is 0 Å². The molecule has 0 fully saturated rings. The second kappa shape index (κ2) is 8.45. The summed E-state index contributed by atoms with van der Waals surface area (Å²) in [4.78, 5) is 27.0. The van der Waals surface area contributed by atoms with E-state index in [4.69, 9.17) is 5.73 Å². The van der Waals surface area contributed by atoms with Crippen molar-refractivity contribution in [1.82, 2.24) is 10.2 Å². The molecular weight excluding hydrogens is 286 g/mol. The van der Waals surface area contributed by atoms with Crippen molar-refractivity contribution in [3.63, 3.8) is 0 Å². The van der Waals surface area contributed by atoms with Gasteiger partial charge in [-0.3, -0.25) is 9.59 Å². The molecule has 0 radical (unpaired) electrons. The third-order valence-corrected chi connectivity index (χ3v) is 3.57. The van der Waals surface area contributed by atoms with Gasteiger partial charge in [0.05, 0.1) is 22.8 Å². The summed E-state index contributed by atoms with van der Waals surface area (Å²) in [5.74, 6) is 5.35. The molecule has 6 heteroatoms. The number of nitrogens with zero attached hydrogens (tertiary/aromatic N) is 1. The Morgan fingerprint density at radius 2 is 2.14 bits per heavy atom. The number of nitrogens with one attached hydrogen (secondary N) is 1. The highest BCUT2D eigenvalue weighted by Gasteiger charge is 2.19. The second-order valence-electron chi connectivity index (χ2n) is 4.71. The first-order valence-corrected chi connectivity index (χ1v) is 7.67. The van der Waals surface area contributed by atoms with Crippen LogP contribution in [0.5, 0.6) is 0 Å². The minimum absolute atomic E-state index is 0.0613. The zero-order chi connectivity index (χ0) is 15.8. The zero-order valence-electron chi connectivity index (χ0n) is 12.6. The highest BCUT2D eigenvalue weighted by molar-refractivity contribution is 7.14. The molecule has 0 unspecified atom stereocenters. The maximum absolute atomic E-state index is 12.4. The summed E-state index contributed by atoms with van der Waals surface area (Å²) in [5, 5.41) is 2.78. The zero-order valence-corrected chi connectivity index (χ0v) is 13.4. The van der Waals surface area contributed by atoms with Crippen molar-refractivity contribution in [2.24, 2.45) is 5.73 Å². The predicted molar refractivity (Wildman–Crippen MR) is 85.1 cm³/mol. The third-order valence-electron chi connectivity index (χ3n) is 2.58. The first kappa shape index (κ1) is 17.2. The summed E-state index contributed by atoms with van der Waals surface area (Å²) < 4.78 is 0. The molecule has 0 saturated heterocycles. The van der Waals surface area contributed by atoms with Crippen molar-refractivity contribution < 1.29 is 9.59 Å². The molecule has 1 aromatic heterocycles. The van der Waals surface area contributed by atoms with Gasteiger partial charge in [0.1, 0.15) is 0 Å². The second-order valence-corrected chi connectivity index (χ2v) is 5.80. The van der Waals surface area contributed by atoms with Crippen LogP contribution in [0, 0.1) is 11.8 Å². The molecule has 1 heterocycles. The third kappa shape index (κ3) is 5.58. The van der Waals surface area contributed by atoms with E-state index in [1.165, 1.54) is 16.2 Å². The minimum atomic E-state index is -0.153. The summed E-state index contributed by atoms with van der Waals surface area (Å²) in [7, 11) is 0. The minimum Gasteiger partial charge on any atom is -0.352 e. The van der Waals surface area contributed by atoms with Crippen molar-refractivity contribution in [2.75, 3.05) is 19.6 Å². The Kier molecular flexibility index (Phi) is 6.92. The van der Waals surface area contributed by atoms with E-state index in [0.717, 1.165) is 4.88 Å². The first-order chi connectivity index (χ1) is 9.97. The van der Waals surface area contributed by atoms with Gasteiger partial charge in [-0.25, -0.2) is 0 Å². The largest absolute Gasteiger partial charge is 0.352 e. The number of carbonyl (C=O) groups excluding carboxylic acids is 2. The van der Waals surface area contributed by atoms with Gasteiger partial charge in [0.25, 0.3) is 5.91 Å². The lowest BCUT2D eigenvalue weighted by Gasteiger charge is -2.20. The van der Waals surface area contributed by atoms with E-state index in [9.17, 15) is 9.59 Å². The van der Waals surface area contributed by atoms with Crippen LogP contribution in [0.1, 0.15) is 35.3 Å². The Balaban J connectivity index is 2.74. The quantitative estimate of drug-likeness (QED) is 0.798. The van der Waals surface area contributed by atoms with Crippen molar-refractivity contribution in [1.29, 1.82) is 0 Å². The van der Waals surface area contributed by atoms with Gasteiger partial charge in [-0.05, 0) is 32.9 Å². The van der Waals surface area contributed by atoms with Gasteiger partial charge in [-0.2, -0.15) is 0 Å². The van der Waals surface area contributed by atoms with Gasteiger partial charge in [-0.15, -0.1) is 11.3 Å². The molecule has 0 aromatic carbocycles. The fourth-order valence-electron chi connectivity index (χ4n) is 1.68. The standard InChI is InChI=1S/C15H21N3O2S/c1-4-18(10-14(19)17-11(2)3)15(20)13-8-7-12(21-13)6-5-9-16/h7-8,11H,4,9-10,16H2,1-3H3,(H,17,19). The Hall–Kier alpha value is -1.84. The van der Waals surface area contributed by atoms with E-state index in [1.807, 2.05) is 20.8 Å². The summed E-state index contributed by atoms with van der Waals surface area (Å²) in [6, 6.07) is 3.59. The molecule has 114 valence electrons. The van der Waals surface area contributed by atoms with Crippen molar-refractivity contribution >= 4 is 23.2 Å². The number of rotatable bonds is 5. The summed E-state index contributed by atoms with van der Waals surface area (Å²) in [6.45, 7) is 6.46. The summed E-state index contributed by atoms with van der Waals surface area (Å²) in [6.07, 6.45) is 0. The van der Waals surface area contributed by atoms with Gasteiger partial charge in [-0.1, -0.05) is 11.8 Å². The number of hydrogen-bond donors (Lipinski definition) is 2. The smallest absolute Gasteiger partial charge is 0.264 e. The number of thiophene rings is 1. The van der Waals surface area contributed by atoms with Gasteiger partial charge >= 0.3 is 0 Å². The van der Waals surface area contributed by atoms with Crippen LogP contribution in [0.25, 0.3) is 0 Å². The molecule has 1 rings (SSSR count). The van der Waals surface area contributed by atoms with Crippen LogP contribution in [-0.4, -0.2) is 42.4 Å². The number of hydrogen-bond acceptors (Lipinski definition) is 4. The average molecular weight is 307 g/mol. The Bertz CT molecular complexity index is 555. The maximum atomic E-state index is 12.4. The predicted octanol–water partition coefficient (Wildman–Crippen LogP) is 1.04. The Morgan fingerprint density at radius 1 is 1.43 bits per heavy atom. The molecule has 0 atom stereocenters. The SMILES string of the molecule is CCN(CC(=O)NC(C)C)C(=O)c1ccc(C#CCN)s1. The summed E-state index contributed by atoms with van der Waals surface area (Å²) in [5.41, 5.74) is 5.32. The fraction of sp³-hybridized carbons (Fsp3) is 0.467. The normalized spacial score (nSPS) is 9.95. The van der Waals surface area contributed by atoms with Crippen LogP contribution in [0.2, 0.25) is 0 Å². The van der Waals surface area contributed by atoms with E-state index in [1.54, 1.807) is 12.1 Å². The highest BCUT2D eigenvalue weighted by atomic mass is 32.1. The van der Waals surface area contributed by atoms with E-state index >= 15 is 0 Å². The molecule has 2 amide bonds. The van der Waals surface area contributed by atoms with Crippen molar-refractivity contribution in [3.8, 4) is 11.8 Å². The molecule has 5 nitrogen and oxygen atoms in total. The molecule has 0 aliphatic rings. The van der Waals surface area contributed by atoms with Crippen LogP contribution in [0.15, 0.2) is 12.1 Å². The molecule has 3 N–H and O–H groups in total. The van der Waals surface area contributed by atoms with Crippen LogP contribution in [-0.2, 0) is 4.79 Å². The van der Waals surface area contributed by atoms with Crippen LogP contribution < -0.4 is 11.1 Å². The molecule has 0 aliphatic carbocycles. The van der Waals surface area contributed by atoms with Crippen LogP contribution >= 0.6 is 11.3 Å². The van der Waals surface area contributed by atoms with Gasteiger partial charge < -0.3 is 16.0 Å². The molecule has 0 spiro atoms. The van der Waals surface area contributed by atoms with Crippen molar-refractivity contribution in [3.05, 3.63) is 21.9 Å². The number of carbonyl (C=O) groups is 2. The molecular formula is C15H21N3O2S. The van der Waals surface area contributed by atoms with E-state index < -0.39 is 0 Å². The fourth-order valence-corrected chi connectivity index (χ4v) is 2.53. The van der Waals surface area contributed by atoms with Crippen LogP contribution in [0.3, 0.4) is 0 Å². The molecule has 0 aliphatic heterocycles. The summed E-state index contributed by atoms with van der Waals surface area (Å²) >= 11 is 1.31. The van der Waals surface area contributed by atoms with Crippen molar-refractivity contribution in [2.45, 2.75) is 26.8 Å². The maximum Gasteiger partial charge on any atom is 0.264 e. The lowest BCUT2D eigenvalue weighted by atomic mass is 10.3. The van der Waals surface area contributed by atoms with Gasteiger partial charge in [0, 0.05) is 12.6 Å². The Labute approximate surface area is 129 Å². The molecule has 21 heavy (non-hydrogen) atoms. The van der Waals surface area contributed by atoms with E-state index in [0.29, 0.717) is 11.4 Å². The number of amides is 2. The van der Waals surface area contributed by atoms with Gasteiger partial charge in [0.2, 0.25) is 5.91 Å². The Morgan fingerprint density at radius 3 is 2.71 bits per heavy atom. The molecule has 0 saturated carbocycles. The lowest BCUT2D eigenvalue weighted by Crippen LogP contribution is -2.42. The lowest BCUT2D eigenvalue weighted by molar-refractivity contribution is -0.122. The molecule has 0 bridgehead atoms. The molecule has 1 aromatic rings. The van der Waals surface area contributed by atoms with E-state index in [2.05, 4.69) is 17.2 Å².